The molecule has 0 saturated carbocycles. The molecule has 34 heavy (non-hydrogen) atoms. The number of ketones is 1. The highest BCUT2D eigenvalue weighted by Gasteiger charge is 2.56. The van der Waals surface area contributed by atoms with Gasteiger partial charge in [0.15, 0.2) is 0 Å². The second kappa shape index (κ2) is 9.02. The van der Waals surface area contributed by atoms with Crippen molar-refractivity contribution in [2.45, 2.75) is 24.3 Å². The summed E-state index contributed by atoms with van der Waals surface area (Å²) in [6.45, 7) is 0. The maximum atomic E-state index is 14.4. The van der Waals surface area contributed by atoms with Crippen molar-refractivity contribution in [1.82, 2.24) is 5.32 Å². The van der Waals surface area contributed by atoms with Crippen molar-refractivity contribution in [2.75, 3.05) is 0 Å². The number of hydrogen-bond acceptors (Lipinski definition) is 3. The zero-order valence-electron chi connectivity index (χ0n) is 18.8. The molecule has 0 aliphatic carbocycles. The first-order valence-corrected chi connectivity index (χ1v) is 12.0. The number of rotatable bonds is 4. The van der Waals surface area contributed by atoms with Gasteiger partial charge < -0.3 is 10.1 Å². The van der Waals surface area contributed by atoms with Crippen molar-refractivity contribution >= 4 is 5.78 Å². The third-order valence-electron chi connectivity index (χ3n) is 7.25. The first-order chi connectivity index (χ1) is 16.8. The van der Waals surface area contributed by atoms with E-state index >= 15 is 0 Å². The molecule has 4 aromatic rings. The number of Topliss-reactive ketones (excluding diaryl/α,β-unsaturated/α-hetero) is 1. The molecule has 1 N–H and O–H groups in total. The van der Waals surface area contributed by atoms with Gasteiger partial charge in [0, 0.05) is 12.1 Å². The van der Waals surface area contributed by atoms with Crippen LogP contribution in [-0.4, -0.2) is 5.78 Å². The van der Waals surface area contributed by atoms with Crippen molar-refractivity contribution in [2.24, 2.45) is 11.8 Å². The number of hydrogen-bond donors (Lipinski definition) is 1. The number of piperidine rings is 1. The largest absolute Gasteiger partial charge is 0.364 e. The van der Waals surface area contributed by atoms with Gasteiger partial charge in [-0.25, -0.2) is 0 Å². The number of ether oxygens (including phenoxy) is 1. The average molecular weight is 446 g/mol. The van der Waals surface area contributed by atoms with E-state index in [9.17, 15) is 4.79 Å². The number of nitrogens with one attached hydrogen (secondary N) is 1. The van der Waals surface area contributed by atoms with Crippen molar-refractivity contribution in [3.8, 4) is 0 Å². The van der Waals surface area contributed by atoms with E-state index in [-0.39, 0.29) is 41.9 Å². The fraction of sp³-hybridized carbons (Fsp3) is 0.194. The molecule has 2 heterocycles. The number of benzene rings is 4. The van der Waals surface area contributed by atoms with Crippen LogP contribution in [0.1, 0.15) is 46.5 Å². The fourth-order valence-corrected chi connectivity index (χ4v) is 5.71. The van der Waals surface area contributed by atoms with Crippen molar-refractivity contribution in [1.29, 1.82) is 0 Å². The zero-order valence-corrected chi connectivity index (χ0v) is 18.8. The Morgan fingerprint density at radius 3 is 1.15 bits per heavy atom. The van der Waals surface area contributed by atoms with E-state index < -0.39 is 0 Å². The van der Waals surface area contributed by atoms with E-state index in [0.29, 0.717) is 0 Å². The SMILES string of the molecule is O=C1[C@@H]2[C@@H](c3ccccc3)O[C@@H](c3ccccc3)[C@@H]1[C@@H](c1ccccc1)N[C@H]2c1ccccc1. The summed E-state index contributed by atoms with van der Waals surface area (Å²) in [5.41, 5.74) is 4.31. The van der Waals surface area contributed by atoms with Gasteiger partial charge in [0.05, 0.1) is 24.0 Å². The van der Waals surface area contributed by atoms with Crippen LogP contribution in [0.25, 0.3) is 0 Å². The Morgan fingerprint density at radius 2 is 0.794 bits per heavy atom. The highest BCUT2D eigenvalue weighted by atomic mass is 16.5. The van der Waals surface area contributed by atoms with E-state index in [1.165, 1.54) is 0 Å². The highest BCUT2D eigenvalue weighted by molar-refractivity contribution is 5.88. The number of carbonyl (C=O) groups is 1. The smallest absolute Gasteiger partial charge is 0.148 e. The molecule has 3 heteroatoms. The molecule has 0 aromatic heterocycles. The third kappa shape index (κ3) is 3.67. The number of carbonyl (C=O) groups excluding carboxylic acids is 1. The predicted octanol–water partition coefficient (Wildman–Crippen LogP) is 6.39. The molecule has 4 aromatic carbocycles. The maximum absolute atomic E-state index is 14.4. The van der Waals surface area contributed by atoms with Gasteiger partial charge in [0.1, 0.15) is 5.78 Å². The first kappa shape index (κ1) is 21.0. The summed E-state index contributed by atoms with van der Waals surface area (Å²) < 4.78 is 6.94. The van der Waals surface area contributed by atoms with Gasteiger partial charge in [-0.3, -0.25) is 4.79 Å². The Bertz CT molecular complexity index is 1050. The molecule has 6 rings (SSSR count). The summed E-state index contributed by atoms with van der Waals surface area (Å²) in [6.07, 6.45) is -0.658. The van der Waals surface area contributed by atoms with E-state index in [0.717, 1.165) is 22.3 Å². The molecule has 3 nitrogen and oxygen atoms in total. The minimum absolute atomic E-state index is 0.142. The predicted molar refractivity (Wildman–Crippen MR) is 133 cm³/mol. The van der Waals surface area contributed by atoms with Crippen LogP contribution in [0.15, 0.2) is 121 Å². The summed E-state index contributed by atoms with van der Waals surface area (Å²) in [5, 5.41) is 3.92. The van der Waals surface area contributed by atoms with Crippen LogP contribution in [0.5, 0.6) is 0 Å². The van der Waals surface area contributed by atoms with Crippen molar-refractivity contribution in [3.05, 3.63) is 144 Å². The van der Waals surface area contributed by atoms with Crippen molar-refractivity contribution in [3.63, 3.8) is 0 Å². The topological polar surface area (TPSA) is 38.3 Å². The summed E-state index contributed by atoms with van der Waals surface area (Å²) in [6, 6.07) is 40.7. The molecule has 0 spiro atoms. The molecule has 2 aliphatic heterocycles. The Balaban J connectivity index is 1.52. The first-order valence-electron chi connectivity index (χ1n) is 12.0. The summed E-state index contributed by atoms with van der Waals surface area (Å²) in [7, 11) is 0. The highest BCUT2D eigenvalue weighted by Crippen LogP contribution is 2.55. The molecular weight excluding hydrogens is 418 g/mol. The van der Waals surface area contributed by atoms with E-state index in [1.807, 2.05) is 72.8 Å². The molecule has 2 fully saturated rings. The Hall–Kier alpha value is -3.53. The molecule has 0 unspecified atom stereocenters. The monoisotopic (exact) mass is 445 g/mol. The lowest BCUT2D eigenvalue weighted by atomic mass is 9.66. The van der Waals surface area contributed by atoms with Crippen LogP contribution in [0, 0.1) is 11.8 Å². The van der Waals surface area contributed by atoms with Crippen LogP contribution < -0.4 is 5.32 Å². The van der Waals surface area contributed by atoms with E-state index in [1.54, 1.807) is 0 Å². The maximum Gasteiger partial charge on any atom is 0.148 e. The van der Waals surface area contributed by atoms with Gasteiger partial charge in [-0.1, -0.05) is 121 Å². The van der Waals surface area contributed by atoms with E-state index in [4.69, 9.17) is 4.74 Å². The van der Waals surface area contributed by atoms with Gasteiger partial charge in [-0.2, -0.15) is 0 Å². The molecule has 2 saturated heterocycles. The van der Waals surface area contributed by atoms with Crippen LogP contribution in [-0.2, 0) is 9.53 Å². The van der Waals surface area contributed by atoms with Crippen molar-refractivity contribution < 1.29 is 9.53 Å². The van der Waals surface area contributed by atoms with Gasteiger partial charge in [-0.15, -0.1) is 0 Å². The zero-order chi connectivity index (χ0) is 22.9. The van der Waals surface area contributed by atoms with Gasteiger partial charge in [-0.05, 0) is 22.3 Å². The van der Waals surface area contributed by atoms with Crippen LogP contribution in [0.4, 0.5) is 0 Å². The lowest BCUT2D eigenvalue weighted by Gasteiger charge is -2.52. The minimum Gasteiger partial charge on any atom is -0.364 e. The lowest BCUT2D eigenvalue weighted by Crippen LogP contribution is -2.56. The molecular formula is C31H27NO2. The number of fused-ring (bicyclic) bond motifs is 2. The fourth-order valence-electron chi connectivity index (χ4n) is 5.71. The minimum atomic E-state index is -0.329. The molecule has 0 amide bonds. The summed E-state index contributed by atoms with van der Waals surface area (Å²) in [5.74, 6) is -0.347. The Labute approximate surface area is 200 Å². The van der Waals surface area contributed by atoms with E-state index in [2.05, 4.69) is 53.8 Å². The second-order valence-corrected chi connectivity index (χ2v) is 9.20. The molecule has 6 atom stereocenters. The molecule has 2 aliphatic rings. The molecule has 2 bridgehead atoms. The summed E-state index contributed by atoms with van der Waals surface area (Å²) in [4.78, 5) is 14.4. The van der Waals surface area contributed by atoms with Gasteiger partial charge in [0.2, 0.25) is 0 Å². The quantitative estimate of drug-likeness (QED) is 0.396. The Kier molecular flexibility index (Phi) is 5.58. The normalized spacial score (nSPS) is 28.4. The molecule has 168 valence electrons. The van der Waals surface area contributed by atoms with Crippen LogP contribution in [0.2, 0.25) is 0 Å². The third-order valence-corrected chi connectivity index (χ3v) is 7.25. The molecule has 0 radical (unpaired) electrons. The van der Waals surface area contributed by atoms with Gasteiger partial charge >= 0.3 is 0 Å². The Morgan fingerprint density at radius 1 is 0.471 bits per heavy atom. The average Bonchev–Trinajstić information content (AvgIpc) is 2.91. The van der Waals surface area contributed by atoms with Gasteiger partial charge in [0.25, 0.3) is 0 Å². The van der Waals surface area contributed by atoms with Crippen LogP contribution in [0.3, 0.4) is 0 Å². The lowest BCUT2D eigenvalue weighted by molar-refractivity contribution is -0.177. The standard InChI is InChI=1S/C31H27NO2/c33-29-25-27(21-13-5-1-6-14-21)32-28(22-15-7-2-8-16-22)26(29)31(24-19-11-4-12-20-24)34-30(25)23-17-9-3-10-18-23/h1-20,25-28,30-32H/t25-,26-,27-,28+,30+,31-/m1/s1. The van der Waals surface area contributed by atoms with Crippen LogP contribution >= 0.6 is 0 Å². The second-order valence-electron chi connectivity index (χ2n) is 9.20. The summed E-state index contributed by atoms with van der Waals surface area (Å²) >= 11 is 0.